The van der Waals surface area contributed by atoms with Gasteiger partial charge in [0.05, 0.1) is 10.8 Å². The first kappa shape index (κ1) is 20.4. The fourth-order valence-corrected chi connectivity index (χ4v) is 6.80. The van der Waals surface area contributed by atoms with Gasteiger partial charge in [0.25, 0.3) is 0 Å². The minimum absolute atomic E-state index is 0.134. The van der Waals surface area contributed by atoms with Gasteiger partial charge in [-0.3, -0.25) is 4.79 Å². The van der Waals surface area contributed by atoms with E-state index in [-0.39, 0.29) is 34.1 Å². The van der Waals surface area contributed by atoms with E-state index in [1.165, 1.54) is 11.3 Å². The Hall–Kier alpha value is -1.84. The van der Waals surface area contributed by atoms with Crippen molar-refractivity contribution in [3.05, 3.63) is 35.3 Å². The predicted molar refractivity (Wildman–Crippen MR) is 112 cm³/mol. The van der Waals surface area contributed by atoms with Crippen molar-refractivity contribution in [1.82, 2.24) is 14.5 Å². The molecule has 1 aromatic carbocycles. The molecular weight excluding hydrogens is 408 g/mol. The lowest BCUT2D eigenvalue weighted by atomic mass is 9.73. The zero-order valence-electron chi connectivity index (χ0n) is 16.8. The third-order valence-corrected chi connectivity index (χ3v) is 8.88. The van der Waals surface area contributed by atoms with E-state index in [1.54, 1.807) is 34.6 Å². The topological polar surface area (TPSA) is 92.3 Å². The highest BCUT2D eigenvalue weighted by Crippen LogP contribution is 2.42. The Bertz CT molecular complexity index is 998. The van der Waals surface area contributed by atoms with Gasteiger partial charge in [-0.1, -0.05) is 50.3 Å². The van der Waals surface area contributed by atoms with E-state index in [0.29, 0.717) is 24.5 Å². The minimum Gasteiger partial charge on any atom is -0.300 e. The number of hydrogen-bond donors (Lipinski definition) is 1. The van der Waals surface area contributed by atoms with E-state index in [0.717, 1.165) is 11.4 Å². The zero-order valence-corrected chi connectivity index (χ0v) is 18.5. The molecule has 3 aliphatic rings. The third-order valence-electron chi connectivity index (χ3n) is 5.71. The van der Waals surface area contributed by atoms with E-state index in [2.05, 4.69) is 15.5 Å². The summed E-state index contributed by atoms with van der Waals surface area (Å²) in [5, 5.41) is 12.5. The van der Waals surface area contributed by atoms with Gasteiger partial charge in [0.15, 0.2) is 0 Å². The van der Waals surface area contributed by atoms with Crippen LogP contribution in [-0.2, 0) is 20.2 Å². The fourth-order valence-electron chi connectivity index (χ4n) is 4.20. The van der Waals surface area contributed by atoms with E-state index in [4.69, 9.17) is 0 Å². The second-order valence-corrected chi connectivity index (χ2v) is 11.8. The van der Waals surface area contributed by atoms with E-state index < -0.39 is 10.0 Å². The molecule has 1 N–H and O–H groups in total. The maximum absolute atomic E-state index is 13.2. The Balaban J connectivity index is 1.54. The number of piperidine rings is 2. The maximum Gasteiger partial charge on any atom is 0.243 e. The molecule has 1 aromatic heterocycles. The van der Waals surface area contributed by atoms with Crippen molar-refractivity contribution in [3.63, 3.8) is 0 Å². The average Bonchev–Trinajstić information content (AvgIpc) is 3.18. The molecule has 7 nitrogen and oxygen atoms in total. The van der Waals surface area contributed by atoms with Crippen LogP contribution in [0, 0.1) is 11.8 Å². The number of carbonyl (C=O) groups is 1. The largest absolute Gasteiger partial charge is 0.300 e. The number of carbonyl (C=O) groups excluding carboxylic acids is 1. The molecule has 3 fully saturated rings. The van der Waals surface area contributed by atoms with Gasteiger partial charge >= 0.3 is 0 Å². The number of nitrogens with zero attached hydrogens (tertiary/aromatic N) is 3. The van der Waals surface area contributed by atoms with Crippen LogP contribution >= 0.6 is 11.3 Å². The molecule has 1 saturated carbocycles. The number of hydrogen-bond acceptors (Lipinski definition) is 6. The SMILES string of the molecule is CC(C)(C)c1nnc(NC(=O)[C@@H]2C[C@@H]3CC[C@H]2N(S(=O)(=O)c2ccccc2)C3)s1. The van der Waals surface area contributed by atoms with Gasteiger partial charge < -0.3 is 5.32 Å². The number of amides is 1. The Morgan fingerprint density at radius 1 is 1.17 bits per heavy atom. The summed E-state index contributed by atoms with van der Waals surface area (Å²) in [6.07, 6.45) is 2.38. The summed E-state index contributed by atoms with van der Waals surface area (Å²) in [7, 11) is -3.62. The molecule has 3 heterocycles. The Labute approximate surface area is 175 Å². The first-order valence-corrected chi connectivity index (χ1v) is 12.1. The molecule has 1 aliphatic carbocycles. The van der Waals surface area contributed by atoms with Crippen LogP contribution in [0.3, 0.4) is 0 Å². The van der Waals surface area contributed by atoms with Gasteiger partial charge in [-0.2, -0.15) is 4.31 Å². The highest BCUT2D eigenvalue weighted by Gasteiger charge is 2.48. The summed E-state index contributed by atoms with van der Waals surface area (Å²) in [6, 6.07) is 8.15. The molecule has 3 atom stereocenters. The summed E-state index contributed by atoms with van der Waals surface area (Å²) >= 11 is 1.37. The maximum atomic E-state index is 13.2. The lowest BCUT2D eigenvalue weighted by Gasteiger charge is -2.48. The standard InChI is InChI=1S/C20H26N4O3S2/c1-20(2,3)18-22-23-19(28-18)21-17(25)15-11-13-9-10-16(15)24(12-13)29(26,27)14-7-5-4-6-8-14/h4-8,13,15-16H,9-12H2,1-3H3,(H,21,23,25)/t13-,15+,16+/m0/s1. The van der Waals surface area contributed by atoms with Gasteiger partial charge in [0.1, 0.15) is 5.01 Å². The monoisotopic (exact) mass is 434 g/mol. The predicted octanol–water partition coefficient (Wildman–Crippen LogP) is 3.26. The third kappa shape index (κ3) is 3.95. The summed E-state index contributed by atoms with van der Waals surface area (Å²) in [5.74, 6) is -0.332. The van der Waals surface area contributed by atoms with Gasteiger partial charge in [-0.05, 0) is 37.3 Å². The first-order valence-electron chi connectivity index (χ1n) is 9.88. The van der Waals surface area contributed by atoms with Gasteiger partial charge in [0.2, 0.25) is 21.1 Å². The summed E-state index contributed by atoms with van der Waals surface area (Å²) in [5.41, 5.74) is -0.134. The average molecular weight is 435 g/mol. The molecular formula is C20H26N4O3S2. The number of nitrogens with one attached hydrogen (secondary N) is 1. The number of sulfonamides is 1. The lowest BCUT2D eigenvalue weighted by molar-refractivity contribution is -0.125. The number of benzene rings is 1. The lowest BCUT2D eigenvalue weighted by Crippen LogP contribution is -2.57. The van der Waals surface area contributed by atoms with Crippen LogP contribution < -0.4 is 5.32 Å². The molecule has 9 heteroatoms. The summed E-state index contributed by atoms with van der Waals surface area (Å²) in [4.78, 5) is 13.3. The van der Waals surface area contributed by atoms with Gasteiger partial charge in [-0.25, -0.2) is 8.42 Å². The minimum atomic E-state index is -3.62. The summed E-state index contributed by atoms with van der Waals surface area (Å²) < 4.78 is 27.9. The van der Waals surface area contributed by atoms with Crippen LogP contribution in [0.25, 0.3) is 0 Å². The number of rotatable bonds is 4. The zero-order chi connectivity index (χ0) is 20.8. The van der Waals surface area contributed by atoms with Crippen molar-refractivity contribution in [2.45, 2.75) is 56.4 Å². The van der Waals surface area contributed by atoms with Crippen LogP contribution in [0.15, 0.2) is 35.2 Å². The Kier molecular flexibility index (Phi) is 5.25. The fraction of sp³-hybridized carbons (Fsp3) is 0.550. The molecule has 29 heavy (non-hydrogen) atoms. The second kappa shape index (κ2) is 7.45. The molecule has 2 aromatic rings. The van der Waals surface area contributed by atoms with Gasteiger partial charge in [0, 0.05) is 18.0 Å². The van der Waals surface area contributed by atoms with Crippen molar-refractivity contribution < 1.29 is 13.2 Å². The normalized spacial score (nSPS) is 25.1. The molecule has 0 spiro atoms. The van der Waals surface area contributed by atoms with Crippen molar-refractivity contribution in [3.8, 4) is 0 Å². The number of anilines is 1. The molecule has 2 aliphatic heterocycles. The molecule has 156 valence electrons. The van der Waals surface area contributed by atoms with Crippen molar-refractivity contribution in [1.29, 1.82) is 0 Å². The van der Waals surface area contributed by atoms with Crippen molar-refractivity contribution >= 4 is 32.4 Å². The van der Waals surface area contributed by atoms with Crippen LogP contribution in [0.4, 0.5) is 5.13 Å². The quantitative estimate of drug-likeness (QED) is 0.797. The van der Waals surface area contributed by atoms with Crippen LogP contribution in [0.2, 0.25) is 0 Å². The van der Waals surface area contributed by atoms with Gasteiger partial charge in [-0.15, -0.1) is 10.2 Å². The smallest absolute Gasteiger partial charge is 0.243 e. The van der Waals surface area contributed by atoms with Crippen LogP contribution in [-0.4, -0.2) is 41.4 Å². The molecule has 2 saturated heterocycles. The first-order chi connectivity index (χ1) is 13.7. The second-order valence-electron chi connectivity index (χ2n) is 8.89. The van der Waals surface area contributed by atoms with Crippen molar-refractivity contribution in [2.24, 2.45) is 11.8 Å². The Morgan fingerprint density at radius 3 is 2.52 bits per heavy atom. The Morgan fingerprint density at radius 2 is 1.90 bits per heavy atom. The van der Waals surface area contributed by atoms with E-state index in [9.17, 15) is 13.2 Å². The van der Waals surface area contributed by atoms with E-state index in [1.807, 2.05) is 20.8 Å². The van der Waals surface area contributed by atoms with E-state index >= 15 is 0 Å². The van der Waals surface area contributed by atoms with Crippen LogP contribution in [0.5, 0.6) is 0 Å². The highest BCUT2D eigenvalue weighted by atomic mass is 32.2. The highest BCUT2D eigenvalue weighted by molar-refractivity contribution is 7.89. The molecule has 5 rings (SSSR count). The molecule has 0 unspecified atom stereocenters. The molecule has 2 bridgehead atoms. The molecule has 1 amide bonds. The summed E-state index contributed by atoms with van der Waals surface area (Å²) in [6.45, 7) is 6.63. The van der Waals surface area contributed by atoms with Crippen molar-refractivity contribution in [2.75, 3.05) is 11.9 Å². The number of fused-ring (bicyclic) bond motifs is 3. The van der Waals surface area contributed by atoms with Crippen LogP contribution in [0.1, 0.15) is 45.0 Å². The molecule has 0 radical (unpaired) electrons. The number of aromatic nitrogens is 2.